The van der Waals surface area contributed by atoms with E-state index in [0.717, 1.165) is 6.07 Å². The Morgan fingerprint density at radius 2 is 2.14 bits per heavy atom. The number of aromatic nitrogens is 1. The van der Waals surface area contributed by atoms with E-state index in [1.54, 1.807) is 0 Å². The van der Waals surface area contributed by atoms with Crippen LogP contribution in [0.3, 0.4) is 0 Å². The molecule has 0 radical (unpaired) electrons. The normalized spacial score (nSPS) is 10.6. The van der Waals surface area contributed by atoms with Crippen LogP contribution in [-0.4, -0.2) is 10.9 Å². The molecule has 1 amide bonds. The minimum absolute atomic E-state index is 0.216. The monoisotopic (exact) mass is 266 g/mol. The number of nitrogens with one attached hydrogen (secondary N) is 1. The first kappa shape index (κ1) is 10.8. The lowest BCUT2D eigenvalue weighted by molar-refractivity contribution is 0.0994. The van der Waals surface area contributed by atoms with Crippen LogP contribution in [-0.2, 0) is 0 Å². The van der Waals surface area contributed by atoms with Crippen molar-refractivity contribution in [1.29, 1.82) is 0 Å². The summed E-state index contributed by atoms with van der Waals surface area (Å²) in [5.74, 6) is -0.886. The fourth-order valence-electron chi connectivity index (χ4n) is 0.875. The predicted molar refractivity (Wildman–Crippen MR) is 48.2 cm³/mol. The molecule has 0 bridgehead atoms. The molecule has 1 rings (SSSR count). The van der Waals surface area contributed by atoms with Crippen molar-refractivity contribution in [2.75, 3.05) is 0 Å². The van der Waals surface area contributed by atoms with Crippen molar-refractivity contribution in [3.8, 4) is 0 Å². The van der Waals surface area contributed by atoms with Crippen LogP contribution in [0.1, 0.15) is 22.5 Å². The highest BCUT2D eigenvalue weighted by Crippen LogP contribution is 2.22. The first-order valence-electron chi connectivity index (χ1n) is 3.44. The van der Waals surface area contributed by atoms with E-state index in [0.29, 0.717) is 0 Å². The van der Waals surface area contributed by atoms with Gasteiger partial charge in [-0.15, -0.1) is 0 Å². The minimum Gasteiger partial charge on any atom is -0.364 e. The Kier molecular flexibility index (Phi) is 3.00. The van der Waals surface area contributed by atoms with E-state index in [4.69, 9.17) is 5.73 Å². The molecule has 0 aromatic carbocycles. The molecule has 1 aromatic heterocycles. The molecule has 0 atom stereocenters. The third-order valence-electron chi connectivity index (χ3n) is 1.51. The van der Waals surface area contributed by atoms with Crippen molar-refractivity contribution >= 4 is 21.8 Å². The number of aromatic amines is 1. The molecule has 0 aliphatic carbocycles. The summed E-state index contributed by atoms with van der Waals surface area (Å²) in [4.78, 5) is 24.0. The van der Waals surface area contributed by atoms with Gasteiger partial charge in [0.15, 0.2) is 5.43 Å². The molecule has 1 heterocycles. The average molecular weight is 267 g/mol. The predicted octanol–water partition coefficient (Wildman–Crippen LogP) is 1.17. The highest BCUT2D eigenvalue weighted by atomic mass is 79.9. The van der Waals surface area contributed by atoms with Gasteiger partial charge in [0.2, 0.25) is 0 Å². The molecule has 0 saturated heterocycles. The number of primary amides is 1. The largest absolute Gasteiger partial charge is 0.364 e. The zero-order chi connectivity index (χ0) is 10.9. The van der Waals surface area contributed by atoms with Crippen LogP contribution in [0.2, 0.25) is 0 Å². The Bertz CT molecular complexity index is 430. The summed E-state index contributed by atoms with van der Waals surface area (Å²) in [7, 11) is 0. The number of H-pyrrole nitrogens is 1. The Morgan fingerprint density at radius 3 is 2.50 bits per heavy atom. The maximum Gasteiger partial charge on any atom is 0.270 e. The molecule has 76 valence electrons. The van der Waals surface area contributed by atoms with E-state index < -0.39 is 23.3 Å². The number of carbonyl (C=O) groups is 1. The number of rotatable bonds is 2. The molecular weight excluding hydrogens is 262 g/mol. The average Bonchev–Trinajstić information content (AvgIpc) is 2.01. The number of carbonyl (C=O) groups excluding carboxylic acids is 1. The fraction of sp³-hybridized carbons (Fsp3) is 0.143. The van der Waals surface area contributed by atoms with Gasteiger partial charge < -0.3 is 10.7 Å². The van der Waals surface area contributed by atoms with Crippen LogP contribution in [0, 0.1) is 0 Å². The van der Waals surface area contributed by atoms with Crippen molar-refractivity contribution < 1.29 is 13.6 Å². The topological polar surface area (TPSA) is 76.0 Å². The maximum atomic E-state index is 12.3. The standard InChI is InChI=1S/C7H5BrF2N2O2/c8-5-4(6(9)10)3(13)1-2(12-5)7(11)14/h1,6H,(H2,11,14)(H,12,13). The molecule has 3 N–H and O–H groups in total. The van der Waals surface area contributed by atoms with Gasteiger partial charge in [0.25, 0.3) is 12.3 Å². The smallest absolute Gasteiger partial charge is 0.270 e. The van der Waals surface area contributed by atoms with E-state index >= 15 is 0 Å². The first-order chi connectivity index (χ1) is 6.43. The molecule has 0 aliphatic heterocycles. The third-order valence-corrected chi connectivity index (χ3v) is 2.13. The van der Waals surface area contributed by atoms with Crippen molar-refractivity contribution in [2.45, 2.75) is 6.43 Å². The molecule has 0 aliphatic rings. The molecular formula is C7H5BrF2N2O2. The van der Waals surface area contributed by atoms with Gasteiger partial charge in [0, 0.05) is 6.07 Å². The Labute approximate surface area is 85.2 Å². The minimum atomic E-state index is -2.91. The summed E-state index contributed by atoms with van der Waals surface area (Å²) in [5, 5.41) is 0. The fourth-order valence-corrected chi connectivity index (χ4v) is 1.46. The quantitative estimate of drug-likeness (QED) is 0.789. The number of alkyl halides is 2. The number of amides is 1. The maximum absolute atomic E-state index is 12.3. The molecule has 0 saturated carbocycles. The number of hydrogen-bond acceptors (Lipinski definition) is 2. The van der Waals surface area contributed by atoms with Gasteiger partial charge in [-0.3, -0.25) is 9.59 Å². The molecule has 0 unspecified atom stereocenters. The Balaban J connectivity index is 3.40. The SMILES string of the molecule is NC(=O)c1cc(=O)c(C(F)F)c(Br)[nH]1. The molecule has 1 aromatic rings. The highest BCUT2D eigenvalue weighted by Gasteiger charge is 2.18. The van der Waals surface area contributed by atoms with Gasteiger partial charge in [-0.2, -0.15) is 0 Å². The first-order valence-corrected chi connectivity index (χ1v) is 4.23. The van der Waals surface area contributed by atoms with Gasteiger partial charge in [-0.1, -0.05) is 0 Å². The lowest BCUT2D eigenvalue weighted by Gasteiger charge is -2.03. The van der Waals surface area contributed by atoms with Gasteiger partial charge in [0.05, 0.1) is 10.2 Å². The number of hydrogen-bond donors (Lipinski definition) is 2. The van der Waals surface area contributed by atoms with Gasteiger partial charge in [-0.05, 0) is 15.9 Å². The summed E-state index contributed by atoms with van der Waals surface area (Å²) in [5.41, 5.74) is 3.00. The number of pyridine rings is 1. The van der Waals surface area contributed by atoms with Crippen LogP contribution >= 0.6 is 15.9 Å². The lowest BCUT2D eigenvalue weighted by Crippen LogP contribution is -2.19. The van der Waals surface area contributed by atoms with Crippen LogP contribution < -0.4 is 11.2 Å². The van der Waals surface area contributed by atoms with E-state index in [9.17, 15) is 18.4 Å². The van der Waals surface area contributed by atoms with E-state index in [1.807, 2.05) is 0 Å². The second-order valence-electron chi connectivity index (χ2n) is 2.44. The zero-order valence-electron chi connectivity index (χ0n) is 6.68. The van der Waals surface area contributed by atoms with Gasteiger partial charge in [0.1, 0.15) is 5.69 Å². The third kappa shape index (κ3) is 1.98. The summed E-state index contributed by atoms with van der Waals surface area (Å²) in [6.45, 7) is 0. The van der Waals surface area contributed by atoms with Crippen LogP contribution in [0.15, 0.2) is 15.5 Å². The molecule has 7 heteroatoms. The summed E-state index contributed by atoms with van der Waals surface area (Å²) in [6.07, 6.45) is -2.91. The molecule has 4 nitrogen and oxygen atoms in total. The Hall–Kier alpha value is -1.24. The van der Waals surface area contributed by atoms with Crippen molar-refractivity contribution in [3.05, 3.63) is 32.2 Å². The zero-order valence-corrected chi connectivity index (χ0v) is 8.27. The Morgan fingerprint density at radius 1 is 1.57 bits per heavy atom. The number of nitrogens with two attached hydrogens (primary N) is 1. The van der Waals surface area contributed by atoms with Crippen LogP contribution in [0.5, 0.6) is 0 Å². The van der Waals surface area contributed by atoms with Crippen molar-refractivity contribution in [1.82, 2.24) is 4.98 Å². The summed E-state index contributed by atoms with van der Waals surface area (Å²) in [6, 6.07) is 0.745. The van der Waals surface area contributed by atoms with Gasteiger partial charge >= 0.3 is 0 Å². The van der Waals surface area contributed by atoms with Crippen LogP contribution in [0.25, 0.3) is 0 Å². The molecule has 0 spiro atoms. The van der Waals surface area contributed by atoms with Gasteiger partial charge in [-0.25, -0.2) is 8.78 Å². The van der Waals surface area contributed by atoms with E-state index in [2.05, 4.69) is 20.9 Å². The second-order valence-corrected chi connectivity index (χ2v) is 3.23. The lowest BCUT2D eigenvalue weighted by atomic mass is 10.2. The summed E-state index contributed by atoms with van der Waals surface area (Å²) >= 11 is 2.72. The van der Waals surface area contributed by atoms with Crippen molar-refractivity contribution in [2.24, 2.45) is 5.73 Å². The van der Waals surface area contributed by atoms with Crippen LogP contribution in [0.4, 0.5) is 8.78 Å². The second kappa shape index (κ2) is 3.87. The van der Waals surface area contributed by atoms with Crippen molar-refractivity contribution in [3.63, 3.8) is 0 Å². The number of halogens is 3. The highest BCUT2D eigenvalue weighted by molar-refractivity contribution is 9.10. The molecule has 14 heavy (non-hydrogen) atoms. The molecule has 0 fully saturated rings. The van der Waals surface area contributed by atoms with E-state index in [-0.39, 0.29) is 10.3 Å². The summed E-state index contributed by atoms with van der Waals surface area (Å²) < 4.78 is 24.3. The van der Waals surface area contributed by atoms with E-state index in [1.165, 1.54) is 0 Å².